The fourth-order valence-corrected chi connectivity index (χ4v) is 3.37. The molecule has 1 unspecified atom stereocenters. The summed E-state index contributed by atoms with van der Waals surface area (Å²) in [7, 11) is 0. The summed E-state index contributed by atoms with van der Waals surface area (Å²) in [4.78, 5) is 24.4. The predicted molar refractivity (Wildman–Crippen MR) is 106 cm³/mol. The lowest BCUT2D eigenvalue weighted by Crippen LogP contribution is -2.47. The highest BCUT2D eigenvalue weighted by Crippen LogP contribution is 2.32. The number of hydrogen-bond donors (Lipinski definition) is 2. The van der Waals surface area contributed by atoms with Crippen LogP contribution in [0.2, 0.25) is 0 Å². The molecule has 1 aromatic rings. The van der Waals surface area contributed by atoms with Gasteiger partial charge in [0.15, 0.2) is 11.5 Å². The molecule has 0 radical (unpaired) electrons. The Morgan fingerprint density at radius 2 is 1.70 bits per heavy atom. The Kier molecular flexibility index (Phi) is 8.43. The molecule has 0 heterocycles. The average molecular weight is 376 g/mol. The van der Waals surface area contributed by atoms with Gasteiger partial charge < -0.3 is 20.1 Å². The first-order valence-corrected chi connectivity index (χ1v) is 10.0. The molecule has 1 fully saturated rings. The summed E-state index contributed by atoms with van der Waals surface area (Å²) in [6, 6.07) is 4.92. The van der Waals surface area contributed by atoms with Gasteiger partial charge in [-0.05, 0) is 43.7 Å². The molecule has 150 valence electrons. The fourth-order valence-electron chi connectivity index (χ4n) is 3.37. The van der Waals surface area contributed by atoms with Crippen molar-refractivity contribution in [3.05, 3.63) is 18.2 Å². The Labute approximate surface area is 162 Å². The monoisotopic (exact) mass is 376 g/mol. The number of carbonyl (C=O) groups is 2. The number of nitrogens with one attached hydrogen (secondary N) is 2. The average Bonchev–Trinajstić information content (AvgIpc) is 3.17. The number of hydrogen-bond acceptors (Lipinski definition) is 4. The molecule has 1 aromatic carbocycles. The van der Waals surface area contributed by atoms with Crippen molar-refractivity contribution in [2.75, 3.05) is 18.5 Å². The molecule has 0 spiro atoms. The maximum absolute atomic E-state index is 12.8. The smallest absolute Gasteiger partial charge is 0.247 e. The van der Waals surface area contributed by atoms with E-state index in [-0.39, 0.29) is 17.7 Å². The minimum Gasteiger partial charge on any atom is -0.490 e. The highest BCUT2D eigenvalue weighted by Gasteiger charge is 2.31. The number of anilines is 1. The Balaban J connectivity index is 2.12. The summed E-state index contributed by atoms with van der Waals surface area (Å²) in [5, 5.41) is 5.76. The highest BCUT2D eigenvalue weighted by atomic mass is 16.5. The summed E-state index contributed by atoms with van der Waals surface area (Å²) in [6.07, 6.45) is 5.93. The molecule has 0 aromatic heterocycles. The van der Waals surface area contributed by atoms with Crippen LogP contribution in [0.1, 0.15) is 59.3 Å². The van der Waals surface area contributed by atoms with Crippen LogP contribution in [-0.4, -0.2) is 31.1 Å². The van der Waals surface area contributed by atoms with Gasteiger partial charge in [0.1, 0.15) is 6.04 Å². The number of rotatable bonds is 10. The second-order valence-corrected chi connectivity index (χ2v) is 7.07. The van der Waals surface area contributed by atoms with Gasteiger partial charge in [0.05, 0.1) is 13.2 Å². The zero-order chi connectivity index (χ0) is 19.6. The molecule has 1 aliphatic carbocycles. The van der Waals surface area contributed by atoms with Gasteiger partial charge in [0, 0.05) is 18.7 Å². The van der Waals surface area contributed by atoms with Gasteiger partial charge in [0.2, 0.25) is 11.8 Å². The molecule has 27 heavy (non-hydrogen) atoms. The third kappa shape index (κ3) is 6.45. The van der Waals surface area contributed by atoms with Gasteiger partial charge in [-0.15, -0.1) is 0 Å². The Bertz CT molecular complexity index is 627. The third-order valence-corrected chi connectivity index (χ3v) is 4.65. The molecule has 2 rings (SSSR count). The van der Waals surface area contributed by atoms with Gasteiger partial charge in [-0.2, -0.15) is 0 Å². The Morgan fingerprint density at radius 1 is 1.07 bits per heavy atom. The van der Waals surface area contributed by atoms with E-state index in [0.29, 0.717) is 30.4 Å². The lowest BCUT2D eigenvalue weighted by molar-refractivity contribution is -0.126. The standard InChI is InChI=1S/C21H32N2O4/c1-4-12-26-18-11-10-17(14-19(18)27-13-5-2)23-21(25)20(22-15(3)24)16-8-6-7-9-16/h10-11,14,16,20H,4-9,12-13H2,1-3H3,(H,22,24)(H,23,25). The minimum atomic E-state index is -0.499. The molecular formula is C21H32N2O4. The quantitative estimate of drug-likeness (QED) is 0.649. The van der Waals surface area contributed by atoms with Crippen molar-refractivity contribution >= 4 is 17.5 Å². The first kappa shape index (κ1) is 21.1. The van der Waals surface area contributed by atoms with Crippen LogP contribution in [0, 0.1) is 5.92 Å². The van der Waals surface area contributed by atoms with Gasteiger partial charge in [-0.25, -0.2) is 0 Å². The van der Waals surface area contributed by atoms with Gasteiger partial charge in [-0.1, -0.05) is 26.7 Å². The van der Waals surface area contributed by atoms with E-state index < -0.39 is 6.04 Å². The van der Waals surface area contributed by atoms with E-state index in [1.807, 2.05) is 19.9 Å². The van der Waals surface area contributed by atoms with E-state index >= 15 is 0 Å². The van der Waals surface area contributed by atoms with Crippen molar-refractivity contribution in [1.82, 2.24) is 5.32 Å². The molecule has 6 heteroatoms. The van der Waals surface area contributed by atoms with Crippen molar-refractivity contribution in [3.8, 4) is 11.5 Å². The van der Waals surface area contributed by atoms with E-state index in [1.54, 1.807) is 12.1 Å². The minimum absolute atomic E-state index is 0.180. The van der Waals surface area contributed by atoms with Crippen molar-refractivity contribution in [2.45, 2.75) is 65.3 Å². The van der Waals surface area contributed by atoms with E-state index in [1.165, 1.54) is 6.92 Å². The first-order valence-electron chi connectivity index (χ1n) is 10.0. The summed E-state index contributed by atoms with van der Waals surface area (Å²) in [6.45, 7) is 6.73. The molecule has 2 N–H and O–H groups in total. The van der Waals surface area contributed by atoms with Crippen molar-refractivity contribution < 1.29 is 19.1 Å². The Morgan fingerprint density at radius 3 is 2.30 bits per heavy atom. The molecule has 1 aliphatic rings. The van der Waals surface area contributed by atoms with Crippen LogP contribution in [0.4, 0.5) is 5.69 Å². The molecule has 0 bridgehead atoms. The number of ether oxygens (including phenoxy) is 2. The van der Waals surface area contributed by atoms with Crippen LogP contribution in [0.3, 0.4) is 0 Å². The van der Waals surface area contributed by atoms with Gasteiger partial charge in [-0.3, -0.25) is 9.59 Å². The molecule has 1 saturated carbocycles. The molecule has 6 nitrogen and oxygen atoms in total. The molecule has 0 aliphatic heterocycles. The van der Waals surface area contributed by atoms with Gasteiger partial charge >= 0.3 is 0 Å². The van der Waals surface area contributed by atoms with E-state index in [0.717, 1.165) is 38.5 Å². The first-order chi connectivity index (χ1) is 13.0. The van der Waals surface area contributed by atoms with Crippen LogP contribution < -0.4 is 20.1 Å². The van der Waals surface area contributed by atoms with E-state index in [4.69, 9.17) is 9.47 Å². The molecule has 0 saturated heterocycles. The second-order valence-electron chi connectivity index (χ2n) is 7.07. The fraction of sp³-hybridized carbons (Fsp3) is 0.619. The zero-order valence-electron chi connectivity index (χ0n) is 16.7. The van der Waals surface area contributed by atoms with Crippen LogP contribution in [0.25, 0.3) is 0 Å². The van der Waals surface area contributed by atoms with Crippen LogP contribution in [0.15, 0.2) is 18.2 Å². The van der Waals surface area contributed by atoms with Crippen molar-refractivity contribution in [3.63, 3.8) is 0 Å². The van der Waals surface area contributed by atoms with E-state index in [9.17, 15) is 9.59 Å². The lowest BCUT2D eigenvalue weighted by atomic mass is 9.97. The largest absolute Gasteiger partial charge is 0.490 e. The third-order valence-electron chi connectivity index (χ3n) is 4.65. The number of benzene rings is 1. The topological polar surface area (TPSA) is 76.7 Å². The van der Waals surface area contributed by atoms with E-state index in [2.05, 4.69) is 10.6 Å². The maximum Gasteiger partial charge on any atom is 0.247 e. The predicted octanol–water partition coefficient (Wildman–Crippen LogP) is 3.90. The molecule has 1 atom stereocenters. The zero-order valence-corrected chi connectivity index (χ0v) is 16.7. The van der Waals surface area contributed by atoms with Crippen LogP contribution in [-0.2, 0) is 9.59 Å². The second kappa shape index (κ2) is 10.8. The highest BCUT2D eigenvalue weighted by molar-refractivity contribution is 5.97. The lowest BCUT2D eigenvalue weighted by Gasteiger charge is -2.23. The number of carbonyl (C=O) groups excluding carboxylic acids is 2. The van der Waals surface area contributed by atoms with Crippen molar-refractivity contribution in [1.29, 1.82) is 0 Å². The SMILES string of the molecule is CCCOc1ccc(NC(=O)C(NC(C)=O)C2CCCC2)cc1OCCC. The number of amides is 2. The van der Waals surface area contributed by atoms with Crippen LogP contribution in [0.5, 0.6) is 11.5 Å². The Hall–Kier alpha value is -2.24. The summed E-state index contributed by atoms with van der Waals surface area (Å²) in [5.41, 5.74) is 0.642. The van der Waals surface area contributed by atoms with Crippen LogP contribution >= 0.6 is 0 Å². The summed E-state index contributed by atoms with van der Waals surface area (Å²) in [5.74, 6) is 1.13. The normalized spacial score (nSPS) is 15.2. The van der Waals surface area contributed by atoms with Crippen molar-refractivity contribution in [2.24, 2.45) is 5.92 Å². The molecular weight excluding hydrogens is 344 g/mol. The maximum atomic E-state index is 12.8. The van der Waals surface area contributed by atoms with Gasteiger partial charge in [0.25, 0.3) is 0 Å². The summed E-state index contributed by atoms with van der Waals surface area (Å²) >= 11 is 0. The molecule has 2 amide bonds. The summed E-state index contributed by atoms with van der Waals surface area (Å²) < 4.78 is 11.5.